The minimum Gasteiger partial charge on any atom is -0.313 e. The van der Waals surface area contributed by atoms with Crippen molar-refractivity contribution in [2.24, 2.45) is 11.0 Å². The molecule has 2 aromatic heterocycles. The summed E-state index contributed by atoms with van der Waals surface area (Å²) in [6.45, 7) is 2.63. The lowest BCUT2D eigenvalue weighted by Crippen LogP contribution is -2.40. The highest BCUT2D eigenvalue weighted by Crippen LogP contribution is 2.41. The van der Waals surface area contributed by atoms with Gasteiger partial charge in [-0.15, -0.1) is 24.5 Å². The van der Waals surface area contributed by atoms with E-state index >= 15 is 0 Å². The predicted octanol–water partition coefficient (Wildman–Crippen LogP) is 2.20. The van der Waals surface area contributed by atoms with Crippen LogP contribution in [-0.4, -0.2) is 35.4 Å². The summed E-state index contributed by atoms with van der Waals surface area (Å²) in [6, 6.07) is -0.224. The number of nitrogens with zero attached hydrogens (tertiary/aromatic N) is 3. The van der Waals surface area contributed by atoms with Crippen LogP contribution in [0.5, 0.6) is 0 Å². The zero-order valence-electron chi connectivity index (χ0n) is 15.0. The van der Waals surface area contributed by atoms with E-state index in [9.17, 15) is 22.8 Å². The van der Waals surface area contributed by atoms with Crippen LogP contribution in [0.3, 0.4) is 0 Å². The second kappa shape index (κ2) is 7.12. The third-order valence-electron chi connectivity index (χ3n) is 4.57. The van der Waals surface area contributed by atoms with Crippen LogP contribution in [0.15, 0.2) is 14.7 Å². The van der Waals surface area contributed by atoms with Gasteiger partial charge in [0, 0.05) is 13.1 Å². The van der Waals surface area contributed by atoms with Crippen molar-refractivity contribution in [2.45, 2.75) is 39.2 Å². The summed E-state index contributed by atoms with van der Waals surface area (Å²) >= 11 is 1.14. The molecule has 7 nitrogen and oxygen atoms in total. The van der Waals surface area contributed by atoms with Crippen LogP contribution in [-0.2, 0) is 11.3 Å². The van der Waals surface area contributed by atoms with Gasteiger partial charge in [-0.05, 0) is 24.8 Å². The lowest BCUT2D eigenvalue weighted by molar-refractivity contribution is -0.325. The molecule has 1 saturated carbocycles. The van der Waals surface area contributed by atoms with Gasteiger partial charge in [-0.2, -0.15) is 5.10 Å². The van der Waals surface area contributed by atoms with Crippen molar-refractivity contribution in [2.75, 3.05) is 13.7 Å². The molecule has 0 amide bonds. The topological polar surface area (TPSA) is 77.6 Å². The van der Waals surface area contributed by atoms with Crippen LogP contribution in [0, 0.1) is 12.8 Å². The number of thiophene rings is 1. The van der Waals surface area contributed by atoms with E-state index in [1.807, 2.05) is 6.92 Å². The van der Waals surface area contributed by atoms with E-state index in [0.717, 1.165) is 11.3 Å². The van der Waals surface area contributed by atoms with Crippen LogP contribution < -0.4 is 16.7 Å². The highest BCUT2D eigenvalue weighted by Gasteiger charge is 2.38. The van der Waals surface area contributed by atoms with Crippen molar-refractivity contribution in [3.05, 3.63) is 31.3 Å². The fourth-order valence-corrected chi connectivity index (χ4v) is 4.22. The number of fused-ring (bicyclic) bond motifs is 1. The molecule has 2 unspecified atom stereocenters. The van der Waals surface area contributed by atoms with Gasteiger partial charge in [-0.1, -0.05) is 6.92 Å². The molecule has 0 saturated heterocycles. The van der Waals surface area contributed by atoms with E-state index in [-0.39, 0.29) is 18.5 Å². The highest BCUT2D eigenvalue weighted by atomic mass is 32.1. The Kier molecular flexibility index (Phi) is 5.17. The minimum absolute atomic E-state index is 0.178. The van der Waals surface area contributed by atoms with Gasteiger partial charge in [0.25, 0.3) is 5.56 Å². The molecule has 11 heteroatoms. The Morgan fingerprint density at radius 2 is 2.07 bits per heavy atom. The second-order valence-electron chi connectivity index (χ2n) is 6.44. The van der Waals surface area contributed by atoms with Gasteiger partial charge >= 0.3 is 12.1 Å². The number of alkyl halides is 3. The van der Waals surface area contributed by atoms with Crippen LogP contribution in [0.25, 0.3) is 10.2 Å². The Hall–Kier alpha value is -2.14. The van der Waals surface area contributed by atoms with Gasteiger partial charge in [0.1, 0.15) is 4.83 Å². The molecule has 1 fully saturated rings. The average molecular weight is 404 g/mol. The largest absolute Gasteiger partial charge is 0.522 e. The molecule has 1 N–H and O–H groups in total. The summed E-state index contributed by atoms with van der Waals surface area (Å²) in [5, 5.41) is 4.26. The molecular formula is C16H19F3N4O3S. The summed E-state index contributed by atoms with van der Waals surface area (Å²) in [5.41, 5.74) is 2.24. The standard InChI is InChI=1S/C16H19F3N4O3S/c1-8-6-10(8)23-13(24)12-9(2)11(7-21-20-3)27-14(12)22(15(23)25)4-5-26-16(17,18)19/h7-8,10,20H,4-6H2,1-3H3/b21-7+. The summed E-state index contributed by atoms with van der Waals surface area (Å²) in [4.78, 5) is 26.8. The Bertz CT molecular complexity index is 1010. The van der Waals surface area contributed by atoms with Crippen LogP contribution in [0.2, 0.25) is 0 Å². The Morgan fingerprint density at radius 1 is 1.41 bits per heavy atom. The van der Waals surface area contributed by atoms with Gasteiger partial charge in [0.15, 0.2) is 0 Å². The molecule has 0 aromatic carbocycles. The van der Waals surface area contributed by atoms with Crippen molar-refractivity contribution < 1.29 is 17.9 Å². The summed E-state index contributed by atoms with van der Waals surface area (Å²) in [6.07, 6.45) is -2.57. The van der Waals surface area contributed by atoms with Gasteiger partial charge in [-0.25, -0.2) is 4.79 Å². The SMILES string of the molecule is CN/N=C/c1sc2c(c1C)c(=O)n(C1CC1C)c(=O)n2CCOC(F)(F)F. The molecule has 0 radical (unpaired) electrons. The molecule has 0 spiro atoms. The van der Waals surface area contributed by atoms with Crippen molar-refractivity contribution in [1.29, 1.82) is 0 Å². The van der Waals surface area contributed by atoms with Crippen LogP contribution in [0.4, 0.5) is 13.2 Å². The van der Waals surface area contributed by atoms with Gasteiger partial charge in [-0.3, -0.25) is 18.7 Å². The Labute approximate surface area is 156 Å². The summed E-state index contributed by atoms with van der Waals surface area (Å²) in [7, 11) is 1.62. The average Bonchev–Trinajstić information content (AvgIpc) is 3.18. The number of hydrogen-bond acceptors (Lipinski definition) is 6. The number of nitrogens with one attached hydrogen (secondary N) is 1. The van der Waals surface area contributed by atoms with E-state index in [4.69, 9.17) is 0 Å². The maximum Gasteiger partial charge on any atom is 0.522 e. The molecule has 27 heavy (non-hydrogen) atoms. The Morgan fingerprint density at radius 3 is 2.63 bits per heavy atom. The maximum absolute atomic E-state index is 13.0. The molecule has 1 aliphatic carbocycles. The van der Waals surface area contributed by atoms with Gasteiger partial charge < -0.3 is 5.43 Å². The number of rotatable bonds is 6. The third-order valence-corrected chi connectivity index (χ3v) is 5.82. The van der Waals surface area contributed by atoms with E-state index in [0.29, 0.717) is 27.1 Å². The lowest BCUT2D eigenvalue weighted by Gasteiger charge is -2.13. The van der Waals surface area contributed by atoms with Gasteiger partial charge in [0.2, 0.25) is 0 Å². The fourth-order valence-electron chi connectivity index (χ4n) is 3.03. The number of ether oxygens (including phenoxy) is 1. The highest BCUT2D eigenvalue weighted by molar-refractivity contribution is 7.20. The quantitative estimate of drug-likeness (QED) is 0.592. The van der Waals surface area contributed by atoms with E-state index in [1.54, 1.807) is 14.0 Å². The molecule has 2 aromatic rings. The van der Waals surface area contributed by atoms with Crippen molar-refractivity contribution in [3.63, 3.8) is 0 Å². The first-order valence-corrected chi connectivity index (χ1v) is 9.16. The molecule has 0 bridgehead atoms. The normalized spacial score (nSPS) is 19.9. The Balaban J connectivity index is 2.17. The van der Waals surface area contributed by atoms with Gasteiger partial charge in [0.05, 0.1) is 29.6 Å². The third kappa shape index (κ3) is 3.79. The smallest absolute Gasteiger partial charge is 0.313 e. The molecular weight excluding hydrogens is 385 g/mol. The molecule has 1 aliphatic rings. The number of aryl methyl sites for hydroxylation is 1. The molecule has 3 rings (SSSR count). The monoisotopic (exact) mass is 404 g/mol. The first-order chi connectivity index (χ1) is 12.7. The van der Waals surface area contributed by atoms with Crippen molar-refractivity contribution in [3.8, 4) is 0 Å². The number of halogens is 3. The van der Waals surface area contributed by atoms with E-state index in [1.165, 1.54) is 15.3 Å². The number of hydrazone groups is 1. The summed E-state index contributed by atoms with van der Waals surface area (Å²) in [5.74, 6) is 0.178. The maximum atomic E-state index is 13.0. The van der Waals surface area contributed by atoms with Crippen molar-refractivity contribution in [1.82, 2.24) is 14.6 Å². The molecule has 2 atom stereocenters. The lowest BCUT2D eigenvalue weighted by atomic mass is 10.2. The minimum atomic E-state index is -4.78. The number of aromatic nitrogens is 2. The van der Waals surface area contributed by atoms with E-state index < -0.39 is 24.2 Å². The number of hydrogen-bond donors (Lipinski definition) is 1. The zero-order chi connectivity index (χ0) is 19.9. The van der Waals surface area contributed by atoms with Crippen molar-refractivity contribution >= 4 is 27.8 Å². The van der Waals surface area contributed by atoms with Crippen LogP contribution >= 0.6 is 11.3 Å². The van der Waals surface area contributed by atoms with E-state index in [2.05, 4.69) is 15.3 Å². The summed E-state index contributed by atoms with van der Waals surface area (Å²) < 4.78 is 43.2. The first kappa shape index (κ1) is 19.6. The molecule has 148 valence electrons. The first-order valence-electron chi connectivity index (χ1n) is 8.34. The molecule has 2 heterocycles. The predicted molar refractivity (Wildman–Crippen MR) is 96.6 cm³/mol. The van der Waals surface area contributed by atoms with Crippen LogP contribution in [0.1, 0.15) is 29.8 Å². The fraction of sp³-hybridized carbons (Fsp3) is 0.562. The second-order valence-corrected chi connectivity index (χ2v) is 7.47. The zero-order valence-corrected chi connectivity index (χ0v) is 15.8. The molecule has 0 aliphatic heterocycles.